The Morgan fingerprint density at radius 3 is 2.25 bits per heavy atom. The lowest BCUT2D eigenvalue weighted by Gasteiger charge is -2.32. The van der Waals surface area contributed by atoms with Crippen LogP contribution in [-0.2, 0) is 15.0 Å². The van der Waals surface area contributed by atoms with E-state index in [9.17, 15) is 9.59 Å². The zero-order valence-electron chi connectivity index (χ0n) is 16.2. The fourth-order valence-corrected chi connectivity index (χ4v) is 4.17. The van der Waals surface area contributed by atoms with Crippen molar-refractivity contribution in [2.45, 2.75) is 31.1 Å². The summed E-state index contributed by atoms with van der Waals surface area (Å²) in [7, 11) is 3.30. The highest BCUT2D eigenvalue weighted by Gasteiger charge is 2.44. The molecule has 6 heteroatoms. The zero-order valence-corrected chi connectivity index (χ0v) is 17.8. The summed E-state index contributed by atoms with van der Waals surface area (Å²) in [4.78, 5) is 27.3. The quantitative estimate of drug-likeness (QED) is 0.719. The van der Waals surface area contributed by atoms with Crippen molar-refractivity contribution in [1.29, 1.82) is 0 Å². The van der Waals surface area contributed by atoms with Gasteiger partial charge in [0.15, 0.2) is 0 Å². The summed E-state index contributed by atoms with van der Waals surface area (Å²) in [6, 6.07) is 15.1. The van der Waals surface area contributed by atoms with Gasteiger partial charge in [-0.3, -0.25) is 9.59 Å². The van der Waals surface area contributed by atoms with E-state index >= 15 is 0 Å². The predicted octanol–water partition coefficient (Wildman–Crippen LogP) is 4.37. The van der Waals surface area contributed by atoms with E-state index in [4.69, 9.17) is 4.74 Å². The van der Waals surface area contributed by atoms with Gasteiger partial charge in [-0.25, -0.2) is 0 Å². The number of nitrogens with zero attached hydrogens (tertiary/aromatic N) is 1. The van der Waals surface area contributed by atoms with Crippen LogP contribution in [0.15, 0.2) is 53.0 Å². The molecule has 0 atom stereocenters. The molecule has 0 aromatic heterocycles. The van der Waals surface area contributed by atoms with Crippen molar-refractivity contribution >= 4 is 33.4 Å². The minimum atomic E-state index is -0.532. The molecule has 0 aliphatic heterocycles. The van der Waals surface area contributed by atoms with Crippen molar-refractivity contribution in [3.8, 4) is 5.75 Å². The molecular weight excluding hydrogens is 420 g/mol. The molecule has 2 amide bonds. The van der Waals surface area contributed by atoms with Gasteiger partial charge >= 0.3 is 0 Å². The third kappa shape index (κ3) is 4.38. The average Bonchev–Trinajstić information content (AvgIpc) is 3.19. The van der Waals surface area contributed by atoms with Gasteiger partial charge < -0.3 is 15.0 Å². The van der Waals surface area contributed by atoms with Gasteiger partial charge in [0.05, 0.1) is 19.1 Å². The summed E-state index contributed by atoms with van der Waals surface area (Å²) in [6.45, 7) is 0.0170. The lowest BCUT2D eigenvalue weighted by molar-refractivity contribution is -0.138. The van der Waals surface area contributed by atoms with Crippen LogP contribution in [0, 0.1) is 0 Å². The molecular formula is C22H25BrN2O3. The van der Waals surface area contributed by atoms with Gasteiger partial charge in [-0.15, -0.1) is 0 Å². The second-order valence-corrected chi connectivity index (χ2v) is 8.15. The smallest absolute Gasteiger partial charge is 0.243 e. The fourth-order valence-electron chi connectivity index (χ4n) is 3.90. The molecule has 0 saturated heterocycles. The maximum Gasteiger partial charge on any atom is 0.243 e. The van der Waals surface area contributed by atoms with E-state index in [1.54, 1.807) is 43.3 Å². The Morgan fingerprint density at radius 1 is 1.07 bits per heavy atom. The highest BCUT2D eigenvalue weighted by molar-refractivity contribution is 9.10. The average molecular weight is 445 g/mol. The lowest BCUT2D eigenvalue weighted by Crippen LogP contribution is -2.46. The molecule has 0 unspecified atom stereocenters. The van der Waals surface area contributed by atoms with Gasteiger partial charge in [0.1, 0.15) is 5.75 Å². The standard InChI is InChI=1S/C22H25BrN2O3/c1-25(15-20(26)24-18-9-11-19(28-2)12-10-18)21(27)22(13-3-4-14-22)16-5-7-17(23)8-6-16/h5-12H,3-4,13-15H2,1-2H3,(H,24,26). The molecule has 1 aliphatic rings. The molecule has 2 aromatic carbocycles. The highest BCUT2D eigenvalue weighted by atomic mass is 79.9. The second kappa shape index (κ2) is 8.78. The molecule has 28 heavy (non-hydrogen) atoms. The van der Waals surface area contributed by atoms with Crippen molar-refractivity contribution in [2.75, 3.05) is 26.0 Å². The van der Waals surface area contributed by atoms with Gasteiger partial charge in [-0.05, 0) is 54.8 Å². The molecule has 3 rings (SSSR count). The molecule has 2 aromatic rings. The molecule has 148 valence electrons. The minimum absolute atomic E-state index is 0.0113. The Bertz CT molecular complexity index is 828. The van der Waals surface area contributed by atoms with Crippen LogP contribution in [0.2, 0.25) is 0 Å². The number of benzene rings is 2. The van der Waals surface area contributed by atoms with Crippen LogP contribution in [0.3, 0.4) is 0 Å². The summed E-state index contributed by atoms with van der Waals surface area (Å²) in [5.74, 6) is 0.519. The summed E-state index contributed by atoms with van der Waals surface area (Å²) in [5, 5.41) is 2.83. The molecule has 1 N–H and O–H groups in total. The van der Waals surface area contributed by atoms with E-state index in [2.05, 4.69) is 21.2 Å². The molecule has 0 spiro atoms. The van der Waals surface area contributed by atoms with E-state index < -0.39 is 5.41 Å². The number of nitrogens with one attached hydrogen (secondary N) is 1. The Hall–Kier alpha value is -2.34. The molecule has 0 radical (unpaired) electrons. The number of carbonyl (C=O) groups excluding carboxylic acids is 2. The Kier molecular flexibility index (Phi) is 6.39. The number of carbonyl (C=O) groups is 2. The van der Waals surface area contributed by atoms with E-state index in [1.807, 2.05) is 24.3 Å². The first-order valence-corrected chi connectivity index (χ1v) is 10.2. The van der Waals surface area contributed by atoms with Gasteiger partial charge in [0, 0.05) is 17.2 Å². The van der Waals surface area contributed by atoms with Crippen LogP contribution in [0.25, 0.3) is 0 Å². The number of hydrogen-bond donors (Lipinski definition) is 1. The van der Waals surface area contributed by atoms with E-state index in [0.29, 0.717) is 5.69 Å². The number of ether oxygens (including phenoxy) is 1. The normalized spacial score (nSPS) is 15.1. The molecule has 1 fully saturated rings. The zero-order chi connectivity index (χ0) is 20.1. The molecule has 1 saturated carbocycles. The van der Waals surface area contributed by atoms with E-state index in [-0.39, 0.29) is 18.4 Å². The van der Waals surface area contributed by atoms with Crippen LogP contribution in [-0.4, -0.2) is 37.4 Å². The molecule has 0 bridgehead atoms. The van der Waals surface area contributed by atoms with Crippen LogP contribution < -0.4 is 10.1 Å². The molecule has 5 nitrogen and oxygen atoms in total. The predicted molar refractivity (Wildman–Crippen MR) is 114 cm³/mol. The summed E-state index contributed by atoms with van der Waals surface area (Å²) < 4.78 is 6.11. The van der Waals surface area contributed by atoms with Gasteiger partial charge in [-0.2, -0.15) is 0 Å². The molecule has 0 heterocycles. The van der Waals surface area contributed by atoms with Crippen LogP contribution in [0.1, 0.15) is 31.2 Å². The van der Waals surface area contributed by atoms with E-state index in [0.717, 1.165) is 41.5 Å². The topological polar surface area (TPSA) is 58.6 Å². The number of rotatable bonds is 6. The number of halogens is 1. The summed E-state index contributed by atoms with van der Waals surface area (Å²) >= 11 is 3.45. The number of hydrogen-bond acceptors (Lipinski definition) is 3. The van der Waals surface area contributed by atoms with Crippen molar-refractivity contribution in [3.05, 3.63) is 58.6 Å². The van der Waals surface area contributed by atoms with Crippen molar-refractivity contribution in [3.63, 3.8) is 0 Å². The summed E-state index contributed by atoms with van der Waals surface area (Å²) in [6.07, 6.45) is 3.68. The van der Waals surface area contributed by atoms with Crippen LogP contribution >= 0.6 is 15.9 Å². The SMILES string of the molecule is COc1ccc(NC(=O)CN(C)C(=O)C2(c3ccc(Br)cc3)CCCC2)cc1. The number of amides is 2. The Balaban J connectivity index is 1.69. The Morgan fingerprint density at radius 2 is 1.68 bits per heavy atom. The van der Waals surface area contributed by atoms with Gasteiger partial charge in [0.2, 0.25) is 11.8 Å². The fraction of sp³-hybridized carbons (Fsp3) is 0.364. The van der Waals surface area contributed by atoms with Gasteiger partial charge in [-0.1, -0.05) is 40.9 Å². The third-order valence-corrected chi connectivity index (χ3v) is 5.89. The van der Waals surface area contributed by atoms with Crippen LogP contribution in [0.4, 0.5) is 5.69 Å². The van der Waals surface area contributed by atoms with Crippen molar-refractivity contribution in [1.82, 2.24) is 4.90 Å². The summed E-state index contributed by atoms with van der Waals surface area (Å²) in [5.41, 5.74) is 1.17. The third-order valence-electron chi connectivity index (χ3n) is 5.36. The highest BCUT2D eigenvalue weighted by Crippen LogP contribution is 2.42. The second-order valence-electron chi connectivity index (χ2n) is 7.23. The van der Waals surface area contributed by atoms with E-state index in [1.165, 1.54) is 0 Å². The first-order chi connectivity index (χ1) is 13.4. The van der Waals surface area contributed by atoms with Gasteiger partial charge in [0.25, 0.3) is 0 Å². The van der Waals surface area contributed by atoms with Crippen molar-refractivity contribution in [2.24, 2.45) is 0 Å². The lowest BCUT2D eigenvalue weighted by atomic mass is 9.77. The maximum absolute atomic E-state index is 13.3. The first-order valence-electron chi connectivity index (χ1n) is 9.40. The minimum Gasteiger partial charge on any atom is -0.497 e. The Labute approximate surface area is 174 Å². The number of methoxy groups -OCH3 is 1. The largest absolute Gasteiger partial charge is 0.497 e. The molecule has 1 aliphatic carbocycles. The first kappa shape index (κ1) is 20.4. The number of anilines is 1. The number of likely N-dealkylation sites (N-methyl/N-ethyl adjacent to an activating group) is 1. The van der Waals surface area contributed by atoms with Crippen molar-refractivity contribution < 1.29 is 14.3 Å². The maximum atomic E-state index is 13.3. The van der Waals surface area contributed by atoms with Crippen LogP contribution in [0.5, 0.6) is 5.75 Å². The monoisotopic (exact) mass is 444 g/mol.